The molecule has 0 aliphatic rings. The van der Waals surface area contributed by atoms with Gasteiger partial charge in [-0.05, 0) is 18.2 Å². The predicted molar refractivity (Wildman–Crippen MR) is 64.1 cm³/mol. The maximum atomic E-state index is 12.8. The highest BCUT2D eigenvalue weighted by Crippen LogP contribution is 2.25. The van der Waals surface area contributed by atoms with Gasteiger partial charge in [0.1, 0.15) is 11.6 Å². The number of aromatic nitrogens is 2. The first-order valence-electron chi connectivity index (χ1n) is 5.46. The molecule has 2 aromatic rings. The van der Waals surface area contributed by atoms with Crippen molar-refractivity contribution in [1.29, 1.82) is 0 Å². The lowest BCUT2D eigenvalue weighted by Crippen LogP contribution is -1.97. The SMILES string of the molecule is CC(C)c1noc(COc2ccc(F)cc2Cl)n1. The van der Waals surface area contributed by atoms with Gasteiger partial charge in [-0.3, -0.25) is 0 Å². The van der Waals surface area contributed by atoms with E-state index >= 15 is 0 Å². The molecular weight excluding hydrogens is 259 g/mol. The van der Waals surface area contributed by atoms with E-state index in [0.29, 0.717) is 17.5 Å². The van der Waals surface area contributed by atoms with Gasteiger partial charge in [0.05, 0.1) is 5.02 Å². The van der Waals surface area contributed by atoms with Crippen molar-refractivity contribution in [3.05, 3.63) is 40.8 Å². The third-order valence-electron chi connectivity index (χ3n) is 2.25. The minimum Gasteiger partial charge on any atom is -0.482 e. The highest BCUT2D eigenvalue weighted by molar-refractivity contribution is 6.32. The van der Waals surface area contributed by atoms with Crippen LogP contribution in [-0.2, 0) is 6.61 Å². The van der Waals surface area contributed by atoms with Crippen LogP contribution in [0.15, 0.2) is 22.7 Å². The molecule has 1 aromatic carbocycles. The summed E-state index contributed by atoms with van der Waals surface area (Å²) in [6, 6.07) is 3.91. The van der Waals surface area contributed by atoms with Gasteiger partial charge in [0.25, 0.3) is 5.89 Å². The monoisotopic (exact) mass is 270 g/mol. The maximum Gasteiger partial charge on any atom is 0.264 e. The van der Waals surface area contributed by atoms with Gasteiger partial charge in [-0.2, -0.15) is 4.98 Å². The van der Waals surface area contributed by atoms with Crippen LogP contribution in [0.2, 0.25) is 5.02 Å². The van der Waals surface area contributed by atoms with Crippen LogP contribution in [0.3, 0.4) is 0 Å². The molecule has 0 aliphatic heterocycles. The molecule has 18 heavy (non-hydrogen) atoms. The first-order valence-corrected chi connectivity index (χ1v) is 5.84. The van der Waals surface area contributed by atoms with Crippen molar-refractivity contribution in [3.8, 4) is 5.75 Å². The molecule has 0 bridgehead atoms. The summed E-state index contributed by atoms with van der Waals surface area (Å²) in [5.74, 6) is 1.14. The van der Waals surface area contributed by atoms with Crippen LogP contribution >= 0.6 is 11.6 Å². The standard InChI is InChI=1S/C12H12ClFN2O2/c1-7(2)12-15-11(18-16-12)6-17-10-4-3-8(14)5-9(10)13/h3-5,7H,6H2,1-2H3. The molecule has 0 amide bonds. The molecule has 0 radical (unpaired) electrons. The van der Waals surface area contributed by atoms with Crippen LogP contribution in [0.25, 0.3) is 0 Å². The number of hydrogen-bond donors (Lipinski definition) is 0. The van der Waals surface area contributed by atoms with Gasteiger partial charge in [0, 0.05) is 5.92 Å². The fraction of sp³-hybridized carbons (Fsp3) is 0.333. The zero-order chi connectivity index (χ0) is 13.1. The number of ether oxygens (including phenoxy) is 1. The number of halogens is 2. The fourth-order valence-corrected chi connectivity index (χ4v) is 1.51. The molecule has 0 atom stereocenters. The van der Waals surface area contributed by atoms with Crippen molar-refractivity contribution < 1.29 is 13.7 Å². The van der Waals surface area contributed by atoms with Crippen LogP contribution in [0.4, 0.5) is 4.39 Å². The topological polar surface area (TPSA) is 48.2 Å². The van der Waals surface area contributed by atoms with Crippen molar-refractivity contribution in [3.63, 3.8) is 0 Å². The van der Waals surface area contributed by atoms with E-state index in [2.05, 4.69) is 10.1 Å². The Labute approximate surface area is 109 Å². The van der Waals surface area contributed by atoms with Crippen LogP contribution < -0.4 is 4.74 Å². The molecule has 6 heteroatoms. The lowest BCUT2D eigenvalue weighted by Gasteiger charge is -2.04. The molecule has 1 heterocycles. The Bertz CT molecular complexity index is 543. The van der Waals surface area contributed by atoms with Gasteiger partial charge in [-0.15, -0.1) is 0 Å². The number of rotatable bonds is 4. The summed E-state index contributed by atoms with van der Waals surface area (Å²) in [6.07, 6.45) is 0. The Kier molecular flexibility index (Phi) is 3.81. The van der Waals surface area contributed by atoms with E-state index in [4.69, 9.17) is 20.9 Å². The van der Waals surface area contributed by atoms with E-state index in [1.165, 1.54) is 18.2 Å². The first-order chi connectivity index (χ1) is 8.56. The lowest BCUT2D eigenvalue weighted by molar-refractivity contribution is 0.242. The van der Waals surface area contributed by atoms with Gasteiger partial charge in [0.15, 0.2) is 12.4 Å². The van der Waals surface area contributed by atoms with Crippen LogP contribution in [0.1, 0.15) is 31.5 Å². The summed E-state index contributed by atoms with van der Waals surface area (Å²) in [5, 5.41) is 4.01. The molecule has 0 spiro atoms. The van der Waals surface area contributed by atoms with E-state index < -0.39 is 5.82 Å². The second-order valence-corrected chi connectivity index (χ2v) is 4.47. The van der Waals surface area contributed by atoms with Crippen molar-refractivity contribution in [2.45, 2.75) is 26.4 Å². The number of hydrogen-bond acceptors (Lipinski definition) is 4. The van der Waals surface area contributed by atoms with Gasteiger partial charge < -0.3 is 9.26 Å². The van der Waals surface area contributed by atoms with Crippen molar-refractivity contribution in [2.24, 2.45) is 0 Å². The summed E-state index contributed by atoms with van der Waals surface area (Å²) in [7, 11) is 0. The molecule has 4 nitrogen and oxygen atoms in total. The van der Waals surface area contributed by atoms with Gasteiger partial charge in [-0.25, -0.2) is 4.39 Å². The predicted octanol–water partition coefficient (Wildman–Crippen LogP) is 3.56. The van der Waals surface area contributed by atoms with E-state index in [-0.39, 0.29) is 17.5 Å². The third kappa shape index (κ3) is 2.98. The average Bonchev–Trinajstić information content (AvgIpc) is 2.76. The number of nitrogens with zero attached hydrogens (tertiary/aromatic N) is 2. The Balaban J connectivity index is 2.02. The largest absolute Gasteiger partial charge is 0.482 e. The van der Waals surface area contributed by atoms with Crippen LogP contribution in [0, 0.1) is 5.82 Å². The molecule has 1 aromatic heterocycles. The van der Waals surface area contributed by atoms with Crippen molar-refractivity contribution in [2.75, 3.05) is 0 Å². The van der Waals surface area contributed by atoms with E-state index in [9.17, 15) is 4.39 Å². The molecule has 0 saturated heterocycles. The van der Waals surface area contributed by atoms with E-state index in [1.54, 1.807) is 0 Å². The fourth-order valence-electron chi connectivity index (χ4n) is 1.29. The van der Waals surface area contributed by atoms with Gasteiger partial charge >= 0.3 is 0 Å². The zero-order valence-corrected chi connectivity index (χ0v) is 10.7. The molecule has 0 aliphatic carbocycles. The molecule has 0 fully saturated rings. The molecule has 2 rings (SSSR count). The molecule has 0 saturated carbocycles. The Morgan fingerprint density at radius 1 is 1.44 bits per heavy atom. The Morgan fingerprint density at radius 2 is 2.22 bits per heavy atom. The van der Waals surface area contributed by atoms with Crippen molar-refractivity contribution in [1.82, 2.24) is 10.1 Å². The minimum atomic E-state index is -0.410. The minimum absolute atomic E-state index is 0.102. The number of benzene rings is 1. The highest BCUT2D eigenvalue weighted by Gasteiger charge is 2.11. The smallest absolute Gasteiger partial charge is 0.264 e. The van der Waals surface area contributed by atoms with Gasteiger partial charge in [-0.1, -0.05) is 30.6 Å². The maximum absolute atomic E-state index is 12.8. The third-order valence-corrected chi connectivity index (χ3v) is 2.54. The van der Waals surface area contributed by atoms with Crippen LogP contribution in [-0.4, -0.2) is 10.1 Å². The second kappa shape index (κ2) is 5.35. The summed E-state index contributed by atoms with van der Waals surface area (Å²) < 4.78 is 23.2. The summed E-state index contributed by atoms with van der Waals surface area (Å²) >= 11 is 5.82. The molecular formula is C12H12ClFN2O2. The summed E-state index contributed by atoms with van der Waals surface area (Å²) in [4.78, 5) is 4.15. The van der Waals surface area contributed by atoms with Gasteiger partial charge in [0.2, 0.25) is 0 Å². The van der Waals surface area contributed by atoms with E-state index in [1.807, 2.05) is 13.8 Å². The lowest BCUT2D eigenvalue weighted by atomic mass is 10.2. The summed E-state index contributed by atoms with van der Waals surface area (Å²) in [6.45, 7) is 4.03. The average molecular weight is 271 g/mol. The zero-order valence-electron chi connectivity index (χ0n) is 9.98. The molecule has 0 N–H and O–H groups in total. The Hall–Kier alpha value is -1.62. The molecule has 96 valence electrons. The van der Waals surface area contributed by atoms with E-state index in [0.717, 1.165) is 0 Å². The van der Waals surface area contributed by atoms with Crippen molar-refractivity contribution >= 4 is 11.6 Å². The first kappa shape index (κ1) is 12.8. The quantitative estimate of drug-likeness (QED) is 0.852. The molecule has 0 unspecified atom stereocenters. The highest BCUT2D eigenvalue weighted by atomic mass is 35.5. The second-order valence-electron chi connectivity index (χ2n) is 4.06. The normalized spacial score (nSPS) is 10.9. The summed E-state index contributed by atoms with van der Waals surface area (Å²) in [5.41, 5.74) is 0. The van der Waals surface area contributed by atoms with Crippen LogP contribution in [0.5, 0.6) is 5.75 Å². The Morgan fingerprint density at radius 3 is 2.83 bits per heavy atom.